The molecule has 0 spiro atoms. The van der Waals surface area contributed by atoms with Crippen molar-refractivity contribution in [1.82, 2.24) is 4.98 Å². The Kier molecular flexibility index (Phi) is 2.06. The second-order valence-electron chi connectivity index (χ2n) is 2.38. The topological polar surface area (TPSA) is 90.9 Å². The van der Waals surface area contributed by atoms with E-state index in [-0.39, 0.29) is 5.82 Å². The number of nitrogens with two attached hydrogens (primary N) is 3. The van der Waals surface area contributed by atoms with Crippen LogP contribution in [0.25, 0.3) is 0 Å². The van der Waals surface area contributed by atoms with E-state index in [2.05, 4.69) is 10.9 Å². The number of nitrogens with zero attached hydrogens (tertiary/aromatic N) is 1. The first kappa shape index (κ1) is 8.21. The largest absolute Gasteiger partial charge is 0.397 e. The molecule has 6 N–H and O–H groups in total. The third kappa shape index (κ3) is 1.25. The molecule has 0 aliphatic heterocycles. The van der Waals surface area contributed by atoms with E-state index in [4.69, 9.17) is 23.6 Å². The van der Waals surface area contributed by atoms with Gasteiger partial charge in [-0.25, -0.2) is 4.98 Å². The summed E-state index contributed by atoms with van der Waals surface area (Å²) in [5.41, 5.74) is 18.1. The van der Waals surface area contributed by atoms with Gasteiger partial charge in [-0.3, -0.25) is 0 Å². The number of nitrogen functional groups attached to an aromatic ring is 3. The monoisotopic (exact) mass is 162 g/mol. The highest BCUT2D eigenvalue weighted by Crippen LogP contribution is 2.23. The number of hydrogen-bond donors (Lipinski definition) is 3. The normalized spacial score (nSPS) is 9.25. The zero-order chi connectivity index (χ0) is 9.14. The van der Waals surface area contributed by atoms with Gasteiger partial charge in [-0.15, -0.1) is 12.3 Å². The van der Waals surface area contributed by atoms with E-state index in [1.165, 1.54) is 0 Å². The minimum atomic E-state index is 0.244. The van der Waals surface area contributed by atoms with Crippen LogP contribution in [0.2, 0.25) is 0 Å². The standard InChI is InChI=1S/C8H10N4/c1-2-3-5-4-12-8(11)7(10)6(5)9/h1,4H,3,10H2,(H4,9,11,12). The van der Waals surface area contributed by atoms with Gasteiger partial charge in [0.25, 0.3) is 0 Å². The molecule has 0 aliphatic carbocycles. The molecule has 0 radical (unpaired) electrons. The zero-order valence-corrected chi connectivity index (χ0v) is 6.54. The summed E-state index contributed by atoms with van der Waals surface area (Å²) in [7, 11) is 0. The highest BCUT2D eigenvalue weighted by Gasteiger charge is 2.05. The van der Waals surface area contributed by atoms with Gasteiger partial charge in [-0.1, -0.05) is 0 Å². The van der Waals surface area contributed by atoms with Gasteiger partial charge < -0.3 is 17.2 Å². The van der Waals surface area contributed by atoms with Crippen LogP contribution < -0.4 is 17.2 Å². The van der Waals surface area contributed by atoms with Crippen LogP contribution in [0.5, 0.6) is 0 Å². The van der Waals surface area contributed by atoms with Crippen LogP contribution in [0.3, 0.4) is 0 Å². The number of rotatable bonds is 1. The molecule has 12 heavy (non-hydrogen) atoms. The van der Waals surface area contributed by atoms with E-state index in [0.29, 0.717) is 17.8 Å². The third-order valence-electron chi connectivity index (χ3n) is 1.56. The van der Waals surface area contributed by atoms with Crippen LogP contribution in [0.1, 0.15) is 5.56 Å². The van der Waals surface area contributed by atoms with Crippen LogP contribution in [0.15, 0.2) is 6.20 Å². The Morgan fingerprint density at radius 1 is 1.33 bits per heavy atom. The molecular formula is C8H10N4. The lowest BCUT2D eigenvalue weighted by Gasteiger charge is -2.06. The van der Waals surface area contributed by atoms with Crippen LogP contribution in [0, 0.1) is 12.3 Å². The molecule has 0 atom stereocenters. The van der Waals surface area contributed by atoms with Gasteiger partial charge in [-0.05, 0) is 0 Å². The maximum absolute atomic E-state index is 5.63. The summed E-state index contributed by atoms with van der Waals surface area (Å²) in [4.78, 5) is 3.84. The highest BCUT2D eigenvalue weighted by atomic mass is 14.9. The third-order valence-corrected chi connectivity index (χ3v) is 1.56. The lowest BCUT2D eigenvalue weighted by molar-refractivity contribution is 1.23. The molecule has 0 bridgehead atoms. The Labute approximate surface area is 70.8 Å². The molecule has 0 aliphatic rings. The Morgan fingerprint density at radius 2 is 2.00 bits per heavy atom. The second kappa shape index (κ2) is 3.01. The van der Waals surface area contributed by atoms with Crippen LogP contribution in [-0.4, -0.2) is 4.98 Å². The minimum Gasteiger partial charge on any atom is -0.397 e. The maximum Gasteiger partial charge on any atom is 0.148 e. The van der Waals surface area contributed by atoms with E-state index >= 15 is 0 Å². The molecule has 0 saturated heterocycles. The SMILES string of the molecule is C#CCc1cnc(N)c(N)c1N. The zero-order valence-electron chi connectivity index (χ0n) is 6.54. The summed E-state index contributed by atoms with van der Waals surface area (Å²) < 4.78 is 0. The average molecular weight is 162 g/mol. The Morgan fingerprint density at radius 3 is 2.58 bits per heavy atom. The van der Waals surface area contributed by atoms with Gasteiger partial charge in [0.2, 0.25) is 0 Å². The summed E-state index contributed by atoms with van der Waals surface area (Å²) in [5, 5.41) is 0. The number of aromatic nitrogens is 1. The maximum atomic E-state index is 5.63. The first-order chi connectivity index (χ1) is 5.66. The lowest BCUT2D eigenvalue weighted by Crippen LogP contribution is -2.05. The predicted molar refractivity (Wildman–Crippen MR) is 50.0 cm³/mol. The molecule has 1 heterocycles. The van der Waals surface area contributed by atoms with E-state index in [9.17, 15) is 0 Å². The second-order valence-corrected chi connectivity index (χ2v) is 2.38. The summed E-state index contributed by atoms with van der Waals surface area (Å²) >= 11 is 0. The van der Waals surface area contributed by atoms with Gasteiger partial charge in [0.15, 0.2) is 0 Å². The van der Waals surface area contributed by atoms with Crippen molar-refractivity contribution in [2.45, 2.75) is 6.42 Å². The fourth-order valence-electron chi connectivity index (χ4n) is 0.848. The van der Waals surface area contributed by atoms with Gasteiger partial charge in [0.1, 0.15) is 5.82 Å². The molecule has 1 aromatic rings. The number of pyridine rings is 1. The number of terminal acetylenes is 1. The van der Waals surface area contributed by atoms with E-state index in [0.717, 1.165) is 5.56 Å². The lowest BCUT2D eigenvalue weighted by atomic mass is 10.1. The molecular weight excluding hydrogens is 152 g/mol. The van der Waals surface area contributed by atoms with Crippen molar-refractivity contribution in [3.8, 4) is 12.3 Å². The summed E-state index contributed by atoms with van der Waals surface area (Å²) in [5.74, 6) is 2.70. The van der Waals surface area contributed by atoms with E-state index < -0.39 is 0 Å². The van der Waals surface area contributed by atoms with Gasteiger partial charge >= 0.3 is 0 Å². The van der Waals surface area contributed by atoms with Crippen molar-refractivity contribution >= 4 is 17.2 Å². The van der Waals surface area contributed by atoms with Crippen molar-refractivity contribution < 1.29 is 0 Å². The van der Waals surface area contributed by atoms with Crippen molar-refractivity contribution in [3.63, 3.8) is 0 Å². The van der Waals surface area contributed by atoms with Gasteiger partial charge in [0.05, 0.1) is 11.4 Å². The molecule has 62 valence electrons. The molecule has 1 rings (SSSR count). The summed E-state index contributed by atoms with van der Waals surface area (Å²) in [6, 6.07) is 0. The fraction of sp³-hybridized carbons (Fsp3) is 0.125. The smallest absolute Gasteiger partial charge is 0.148 e. The molecule has 0 saturated carbocycles. The molecule has 0 amide bonds. The molecule has 4 heteroatoms. The van der Waals surface area contributed by atoms with Crippen LogP contribution in [-0.2, 0) is 6.42 Å². The van der Waals surface area contributed by atoms with Crippen LogP contribution >= 0.6 is 0 Å². The number of hydrogen-bond acceptors (Lipinski definition) is 4. The Balaban J connectivity index is 3.19. The Hall–Kier alpha value is -1.89. The average Bonchev–Trinajstić information content (AvgIpc) is 2.07. The van der Waals surface area contributed by atoms with E-state index in [1.807, 2.05) is 0 Å². The predicted octanol–water partition coefficient (Wildman–Crippen LogP) is 0.00390. The van der Waals surface area contributed by atoms with Gasteiger partial charge in [0, 0.05) is 18.2 Å². The van der Waals surface area contributed by atoms with Crippen molar-refractivity contribution in [2.75, 3.05) is 17.2 Å². The fourth-order valence-corrected chi connectivity index (χ4v) is 0.848. The van der Waals surface area contributed by atoms with Gasteiger partial charge in [-0.2, -0.15) is 0 Å². The minimum absolute atomic E-state index is 0.244. The quantitative estimate of drug-likeness (QED) is 0.507. The van der Waals surface area contributed by atoms with Crippen molar-refractivity contribution in [3.05, 3.63) is 11.8 Å². The van der Waals surface area contributed by atoms with Crippen LogP contribution in [0.4, 0.5) is 17.2 Å². The van der Waals surface area contributed by atoms with Crippen molar-refractivity contribution in [1.29, 1.82) is 0 Å². The summed E-state index contributed by atoms with van der Waals surface area (Å²) in [6.07, 6.45) is 7.07. The first-order valence-corrected chi connectivity index (χ1v) is 3.38. The first-order valence-electron chi connectivity index (χ1n) is 3.38. The Bertz CT molecular complexity index is 338. The molecule has 0 fully saturated rings. The summed E-state index contributed by atoms with van der Waals surface area (Å²) in [6.45, 7) is 0. The highest BCUT2D eigenvalue weighted by molar-refractivity contribution is 5.76. The molecule has 0 aromatic carbocycles. The molecule has 0 unspecified atom stereocenters. The van der Waals surface area contributed by atoms with Crippen molar-refractivity contribution in [2.24, 2.45) is 0 Å². The molecule has 1 aromatic heterocycles. The molecule has 4 nitrogen and oxygen atoms in total. The number of anilines is 3. The van der Waals surface area contributed by atoms with E-state index in [1.54, 1.807) is 6.20 Å².